The minimum Gasteiger partial charge on any atom is -0.258 e. The SMILES string of the molecule is O=[N+]([O-])c1cc(F)cc(F)c1-c1c(F)cc(F)cc1[N+](=O)[O-]. The van der Waals surface area contributed by atoms with Gasteiger partial charge in [-0.05, 0) is 0 Å². The van der Waals surface area contributed by atoms with Gasteiger partial charge in [-0.2, -0.15) is 0 Å². The first-order valence-corrected chi connectivity index (χ1v) is 5.49. The molecule has 2 aromatic rings. The predicted molar refractivity (Wildman–Crippen MR) is 65.0 cm³/mol. The molecule has 0 aromatic heterocycles. The van der Waals surface area contributed by atoms with E-state index < -0.39 is 55.6 Å². The van der Waals surface area contributed by atoms with Crippen LogP contribution < -0.4 is 0 Å². The molecule has 0 unspecified atom stereocenters. The fraction of sp³-hybridized carbons (Fsp3) is 0. The zero-order valence-electron chi connectivity index (χ0n) is 10.3. The number of nitro groups is 2. The van der Waals surface area contributed by atoms with Crippen LogP contribution in [0.1, 0.15) is 0 Å². The molecular formula is C12H4F4N2O4. The smallest absolute Gasteiger partial charge is 0.258 e. The monoisotopic (exact) mass is 316 g/mol. The normalized spacial score (nSPS) is 10.5. The molecule has 0 aliphatic rings. The average Bonchev–Trinajstić information content (AvgIpc) is 2.38. The lowest BCUT2D eigenvalue weighted by Crippen LogP contribution is -2.02. The molecule has 22 heavy (non-hydrogen) atoms. The summed E-state index contributed by atoms with van der Waals surface area (Å²) in [6.45, 7) is 0. The second kappa shape index (κ2) is 5.39. The third kappa shape index (κ3) is 2.57. The van der Waals surface area contributed by atoms with Crippen molar-refractivity contribution in [2.75, 3.05) is 0 Å². The third-order valence-corrected chi connectivity index (χ3v) is 2.71. The van der Waals surface area contributed by atoms with E-state index in [1.807, 2.05) is 0 Å². The molecule has 0 radical (unpaired) electrons. The van der Waals surface area contributed by atoms with E-state index in [9.17, 15) is 37.8 Å². The van der Waals surface area contributed by atoms with Crippen molar-refractivity contribution in [3.05, 3.63) is 67.8 Å². The Hall–Kier alpha value is -3.04. The highest BCUT2D eigenvalue weighted by Gasteiger charge is 2.31. The van der Waals surface area contributed by atoms with E-state index in [1.165, 1.54) is 0 Å². The maximum absolute atomic E-state index is 13.9. The van der Waals surface area contributed by atoms with Gasteiger partial charge in [0.2, 0.25) is 0 Å². The molecule has 0 spiro atoms. The van der Waals surface area contributed by atoms with Crippen molar-refractivity contribution < 1.29 is 27.4 Å². The molecule has 0 N–H and O–H groups in total. The molecule has 0 heterocycles. The molecule has 0 aliphatic heterocycles. The van der Waals surface area contributed by atoms with Crippen molar-refractivity contribution in [2.45, 2.75) is 0 Å². The van der Waals surface area contributed by atoms with Crippen LogP contribution in [0.2, 0.25) is 0 Å². The van der Waals surface area contributed by atoms with E-state index >= 15 is 0 Å². The zero-order chi connectivity index (χ0) is 16.6. The van der Waals surface area contributed by atoms with Crippen LogP contribution in [0, 0.1) is 43.5 Å². The van der Waals surface area contributed by atoms with Crippen LogP contribution in [0.15, 0.2) is 24.3 Å². The van der Waals surface area contributed by atoms with Gasteiger partial charge in [-0.3, -0.25) is 20.2 Å². The minimum atomic E-state index is -1.58. The van der Waals surface area contributed by atoms with Crippen molar-refractivity contribution in [3.63, 3.8) is 0 Å². The van der Waals surface area contributed by atoms with Gasteiger partial charge in [0, 0.05) is 12.1 Å². The van der Waals surface area contributed by atoms with Crippen LogP contribution >= 0.6 is 0 Å². The van der Waals surface area contributed by atoms with Gasteiger partial charge < -0.3 is 0 Å². The number of rotatable bonds is 3. The van der Waals surface area contributed by atoms with E-state index in [-0.39, 0.29) is 24.3 Å². The van der Waals surface area contributed by atoms with Crippen molar-refractivity contribution in [2.24, 2.45) is 0 Å². The Morgan fingerprint density at radius 2 is 1.00 bits per heavy atom. The molecule has 0 saturated carbocycles. The van der Waals surface area contributed by atoms with Crippen LogP contribution in [0.4, 0.5) is 28.9 Å². The van der Waals surface area contributed by atoms with Crippen LogP contribution in [-0.2, 0) is 0 Å². The Bertz CT molecular complexity index is 743. The minimum absolute atomic E-state index is 0.203. The van der Waals surface area contributed by atoms with Gasteiger partial charge in [0.1, 0.15) is 34.4 Å². The summed E-state index contributed by atoms with van der Waals surface area (Å²) in [6.07, 6.45) is 0. The van der Waals surface area contributed by atoms with E-state index in [1.54, 1.807) is 0 Å². The zero-order valence-corrected chi connectivity index (χ0v) is 10.3. The summed E-state index contributed by atoms with van der Waals surface area (Å²) >= 11 is 0. The molecule has 2 rings (SSSR count). The summed E-state index contributed by atoms with van der Waals surface area (Å²) in [5.74, 6) is -5.81. The van der Waals surface area contributed by atoms with Gasteiger partial charge in [0.05, 0.1) is 22.0 Å². The van der Waals surface area contributed by atoms with E-state index in [0.717, 1.165) is 0 Å². The highest BCUT2D eigenvalue weighted by atomic mass is 19.1. The molecule has 0 aliphatic carbocycles. The number of nitrogens with zero attached hydrogens (tertiary/aromatic N) is 2. The van der Waals surface area contributed by atoms with Gasteiger partial charge in [-0.25, -0.2) is 17.6 Å². The van der Waals surface area contributed by atoms with Gasteiger partial charge >= 0.3 is 0 Å². The standard InChI is InChI=1S/C12H4F4N2O4/c13-5-1-7(15)11(9(3-5)17(19)20)12-8(16)2-6(14)4-10(12)18(21)22/h1-4H. The molecule has 6 nitrogen and oxygen atoms in total. The summed E-state index contributed by atoms with van der Waals surface area (Å²) in [5.41, 5.74) is -4.69. The predicted octanol–water partition coefficient (Wildman–Crippen LogP) is 3.73. The molecule has 0 bridgehead atoms. The molecule has 10 heteroatoms. The summed E-state index contributed by atoms with van der Waals surface area (Å²) in [4.78, 5) is 19.3. The molecule has 0 amide bonds. The van der Waals surface area contributed by atoms with Gasteiger partial charge in [-0.15, -0.1) is 0 Å². The van der Waals surface area contributed by atoms with E-state index in [4.69, 9.17) is 0 Å². The average molecular weight is 316 g/mol. The van der Waals surface area contributed by atoms with Crippen LogP contribution in [0.25, 0.3) is 11.1 Å². The Morgan fingerprint density at radius 3 is 1.27 bits per heavy atom. The molecule has 0 fully saturated rings. The first kappa shape index (κ1) is 15.4. The summed E-state index contributed by atoms with van der Waals surface area (Å²) in [7, 11) is 0. The molecule has 114 valence electrons. The van der Waals surface area contributed by atoms with Crippen molar-refractivity contribution in [3.8, 4) is 11.1 Å². The Balaban J connectivity index is 2.94. The highest BCUT2D eigenvalue weighted by Crippen LogP contribution is 2.40. The number of hydrogen-bond acceptors (Lipinski definition) is 4. The first-order valence-electron chi connectivity index (χ1n) is 5.49. The van der Waals surface area contributed by atoms with Crippen molar-refractivity contribution >= 4 is 11.4 Å². The lowest BCUT2D eigenvalue weighted by molar-refractivity contribution is -0.386. The Labute approximate surface area is 118 Å². The molecule has 0 saturated heterocycles. The number of halogens is 4. The lowest BCUT2D eigenvalue weighted by atomic mass is 10.00. The maximum atomic E-state index is 13.9. The quantitative estimate of drug-likeness (QED) is 0.490. The van der Waals surface area contributed by atoms with Crippen LogP contribution in [0.5, 0.6) is 0 Å². The maximum Gasteiger partial charge on any atom is 0.283 e. The topological polar surface area (TPSA) is 86.3 Å². The summed E-state index contributed by atoms with van der Waals surface area (Å²) in [6, 6.07) is 0.972. The second-order valence-electron chi connectivity index (χ2n) is 4.08. The lowest BCUT2D eigenvalue weighted by Gasteiger charge is -2.07. The van der Waals surface area contributed by atoms with Gasteiger partial charge in [0.15, 0.2) is 0 Å². The number of nitro benzene ring substituents is 2. The van der Waals surface area contributed by atoms with E-state index in [0.29, 0.717) is 0 Å². The van der Waals surface area contributed by atoms with Gasteiger partial charge in [0.25, 0.3) is 11.4 Å². The summed E-state index contributed by atoms with van der Waals surface area (Å²) in [5, 5.41) is 21.7. The number of benzene rings is 2. The Kier molecular flexibility index (Phi) is 3.76. The van der Waals surface area contributed by atoms with Crippen molar-refractivity contribution in [1.29, 1.82) is 0 Å². The molecule has 0 atom stereocenters. The highest BCUT2D eigenvalue weighted by molar-refractivity contribution is 5.81. The van der Waals surface area contributed by atoms with Crippen molar-refractivity contribution in [1.82, 2.24) is 0 Å². The van der Waals surface area contributed by atoms with E-state index in [2.05, 4.69) is 0 Å². The first-order chi connectivity index (χ1) is 10.2. The van der Waals surface area contributed by atoms with Crippen LogP contribution in [0.3, 0.4) is 0 Å². The third-order valence-electron chi connectivity index (χ3n) is 2.71. The largest absolute Gasteiger partial charge is 0.283 e. The summed E-state index contributed by atoms with van der Waals surface area (Å²) < 4.78 is 53.9. The second-order valence-corrected chi connectivity index (χ2v) is 4.08. The fourth-order valence-corrected chi connectivity index (χ4v) is 1.90. The van der Waals surface area contributed by atoms with Gasteiger partial charge in [-0.1, -0.05) is 0 Å². The number of hydrogen-bond donors (Lipinski definition) is 0. The Morgan fingerprint density at radius 1 is 0.682 bits per heavy atom. The van der Waals surface area contributed by atoms with Crippen LogP contribution in [-0.4, -0.2) is 9.85 Å². The molecular weight excluding hydrogens is 312 g/mol. The fourth-order valence-electron chi connectivity index (χ4n) is 1.90. The molecule has 2 aromatic carbocycles.